The van der Waals surface area contributed by atoms with E-state index in [1.165, 1.54) is 0 Å². The van der Waals surface area contributed by atoms with Gasteiger partial charge in [-0.2, -0.15) is 0 Å². The largest absolute Gasteiger partial charge is 0.527 e. The Balaban J connectivity index is 2.43. The van der Waals surface area contributed by atoms with Crippen molar-refractivity contribution in [1.29, 1.82) is 0 Å². The minimum atomic E-state index is 1.71. The SMILES string of the molecule is [B]OC#C. The van der Waals surface area contributed by atoms with Crippen LogP contribution < -0.4 is 0 Å². The average Bonchev–Trinajstić information content (AvgIpc) is 1.37. The summed E-state index contributed by atoms with van der Waals surface area (Å²) in [5.74, 6) is 0. The van der Waals surface area contributed by atoms with Crippen molar-refractivity contribution < 1.29 is 4.65 Å². The number of hydrogen-bond donors (Lipinski definition) is 0. The second kappa shape index (κ2) is 2.42. The van der Waals surface area contributed by atoms with E-state index in [0.29, 0.717) is 0 Å². The summed E-state index contributed by atoms with van der Waals surface area (Å²) >= 11 is 0. The third-order valence-electron chi connectivity index (χ3n) is 0.0680. The van der Waals surface area contributed by atoms with E-state index in [4.69, 9.17) is 0 Å². The van der Waals surface area contributed by atoms with E-state index in [9.17, 15) is 0 Å². The fourth-order valence-electron chi connectivity index (χ4n) is 0. The van der Waals surface area contributed by atoms with Crippen LogP contribution in [0.2, 0.25) is 0 Å². The Kier molecular flexibility index (Phi) is 2.08. The van der Waals surface area contributed by atoms with Crippen molar-refractivity contribution in [2.24, 2.45) is 0 Å². The van der Waals surface area contributed by atoms with Gasteiger partial charge < -0.3 is 4.65 Å². The molecule has 0 aliphatic carbocycles. The summed E-state index contributed by atoms with van der Waals surface area (Å²) in [6.45, 7) is 0. The van der Waals surface area contributed by atoms with Crippen LogP contribution in [-0.4, -0.2) is 8.05 Å². The van der Waals surface area contributed by atoms with E-state index in [0.717, 1.165) is 0 Å². The standard InChI is InChI=1S/C2HBO/c1-2-4-3/h1H. The van der Waals surface area contributed by atoms with Gasteiger partial charge in [0.05, 0.1) is 6.11 Å². The van der Waals surface area contributed by atoms with Gasteiger partial charge in [0, 0.05) is 0 Å². The van der Waals surface area contributed by atoms with Crippen molar-refractivity contribution in [3.05, 3.63) is 0 Å². The highest BCUT2D eigenvalue weighted by molar-refractivity contribution is 5.98. The normalized spacial score (nSPS) is 3.75. The molecule has 0 saturated carbocycles. The van der Waals surface area contributed by atoms with E-state index < -0.39 is 0 Å². The predicted molar refractivity (Wildman–Crippen MR) is 15.7 cm³/mol. The van der Waals surface area contributed by atoms with E-state index >= 15 is 0 Å². The van der Waals surface area contributed by atoms with Crippen molar-refractivity contribution >= 4 is 8.05 Å². The smallest absolute Gasteiger partial charge is 0.392 e. The summed E-state index contributed by atoms with van der Waals surface area (Å²) in [7, 11) is 4.29. The molecule has 0 aromatic heterocycles. The Morgan fingerprint density at radius 3 is 2.25 bits per heavy atom. The van der Waals surface area contributed by atoms with Crippen LogP contribution in [0.1, 0.15) is 0 Å². The van der Waals surface area contributed by atoms with Gasteiger partial charge in [0.15, 0.2) is 0 Å². The van der Waals surface area contributed by atoms with Crippen LogP contribution in [-0.2, 0) is 4.65 Å². The molecule has 0 rings (SSSR count). The Hall–Kier alpha value is -0.575. The molecule has 0 fully saturated rings. The van der Waals surface area contributed by atoms with Crippen LogP contribution in [0.4, 0.5) is 0 Å². The quantitative estimate of drug-likeness (QED) is 0.271. The summed E-state index contributed by atoms with van der Waals surface area (Å²) in [5, 5.41) is 0. The second-order valence-corrected chi connectivity index (χ2v) is 0.236. The fraction of sp³-hybridized carbons (Fsp3) is 0. The molecule has 0 heterocycles. The predicted octanol–water partition coefficient (Wildman–Crippen LogP) is -0.323. The van der Waals surface area contributed by atoms with Gasteiger partial charge in [-0.05, 0) is 0 Å². The van der Waals surface area contributed by atoms with Crippen LogP contribution in [0.15, 0.2) is 0 Å². The number of rotatable bonds is 0. The summed E-state index contributed by atoms with van der Waals surface area (Å²) in [4.78, 5) is 0. The minimum absolute atomic E-state index is 1.71. The van der Waals surface area contributed by atoms with Crippen LogP contribution >= 0.6 is 0 Å². The van der Waals surface area contributed by atoms with E-state index in [2.05, 4.69) is 19.1 Å². The molecule has 2 heteroatoms. The van der Waals surface area contributed by atoms with Crippen LogP contribution in [0.25, 0.3) is 0 Å². The van der Waals surface area contributed by atoms with Gasteiger partial charge in [0.1, 0.15) is 0 Å². The molecule has 0 spiro atoms. The monoisotopic (exact) mass is 52.0 g/mol. The fourth-order valence-corrected chi connectivity index (χ4v) is 0. The maximum Gasteiger partial charge on any atom is 0.392 e. The van der Waals surface area contributed by atoms with E-state index in [1.54, 1.807) is 6.11 Å². The molecule has 18 valence electrons. The first kappa shape index (κ1) is 3.42. The molecule has 0 aliphatic rings. The molecule has 0 aromatic rings. The van der Waals surface area contributed by atoms with Crippen molar-refractivity contribution in [3.63, 3.8) is 0 Å². The summed E-state index contributed by atoms with van der Waals surface area (Å²) in [6.07, 6.45) is 6.14. The number of terminal acetylenes is 1. The average molecular weight is 51.8 g/mol. The Morgan fingerprint density at radius 2 is 2.25 bits per heavy atom. The molecule has 0 amide bonds. The Bertz CT molecular complexity index is 35.8. The summed E-state index contributed by atoms with van der Waals surface area (Å²) in [5.41, 5.74) is 0. The molecular formula is C2HBO. The molecule has 0 N–H and O–H groups in total. The van der Waals surface area contributed by atoms with Gasteiger partial charge in [-0.1, -0.05) is 6.42 Å². The van der Waals surface area contributed by atoms with Crippen molar-refractivity contribution in [2.75, 3.05) is 0 Å². The van der Waals surface area contributed by atoms with Gasteiger partial charge in [-0.15, -0.1) is 0 Å². The van der Waals surface area contributed by atoms with E-state index in [-0.39, 0.29) is 0 Å². The van der Waals surface area contributed by atoms with Crippen molar-refractivity contribution in [2.45, 2.75) is 0 Å². The molecule has 4 heavy (non-hydrogen) atoms. The molecule has 0 saturated heterocycles. The van der Waals surface area contributed by atoms with Crippen molar-refractivity contribution in [1.82, 2.24) is 0 Å². The third-order valence-corrected chi connectivity index (χ3v) is 0.0680. The molecular weight excluding hydrogens is 50.8 g/mol. The first-order valence-corrected chi connectivity index (χ1v) is 0.729. The first-order chi connectivity index (χ1) is 1.91. The van der Waals surface area contributed by atoms with Crippen LogP contribution in [0, 0.1) is 12.5 Å². The minimum Gasteiger partial charge on any atom is -0.527 e. The van der Waals surface area contributed by atoms with Gasteiger partial charge in [-0.25, -0.2) is 0 Å². The third kappa shape index (κ3) is 1.42. The molecule has 0 atom stereocenters. The second-order valence-electron chi connectivity index (χ2n) is 0.236. The Morgan fingerprint density at radius 1 is 2.00 bits per heavy atom. The lowest BCUT2D eigenvalue weighted by Crippen LogP contribution is -1.60. The van der Waals surface area contributed by atoms with Gasteiger partial charge in [0.25, 0.3) is 0 Å². The highest BCUT2D eigenvalue weighted by Crippen LogP contribution is 1.38. The zero-order valence-electron chi connectivity index (χ0n) is 2.06. The van der Waals surface area contributed by atoms with Gasteiger partial charge in [0.2, 0.25) is 0 Å². The molecule has 0 unspecified atom stereocenters. The van der Waals surface area contributed by atoms with Crippen LogP contribution in [0.5, 0.6) is 0 Å². The lowest BCUT2D eigenvalue weighted by Gasteiger charge is -1.66. The van der Waals surface area contributed by atoms with Gasteiger partial charge in [-0.3, -0.25) is 0 Å². The maximum absolute atomic E-state index is 4.43. The lowest BCUT2D eigenvalue weighted by molar-refractivity contribution is 0.580. The molecule has 0 bridgehead atoms. The van der Waals surface area contributed by atoms with Gasteiger partial charge >= 0.3 is 8.05 Å². The zero-order valence-corrected chi connectivity index (χ0v) is 2.06. The highest BCUT2D eigenvalue weighted by Gasteiger charge is 1.40. The Labute approximate surface area is 26.4 Å². The molecule has 0 aliphatic heterocycles. The van der Waals surface area contributed by atoms with E-state index in [1.807, 2.05) is 0 Å². The topological polar surface area (TPSA) is 9.23 Å². The molecule has 0 aromatic carbocycles. The molecule has 2 radical (unpaired) electrons. The van der Waals surface area contributed by atoms with Crippen LogP contribution in [0.3, 0.4) is 0 Å². The first-order valence-electron chi connectivity index (χ1n) is 0.729. The zero-order chi connectivity index (χ0) is 3.41. The highest BCUT2D eigenvalue weighted by atomic mass is 16.4. The van der Waals surface area contributed by atoms with Crippen molar-refractivity contribution in [3.8, 4) is 12.5 Å². The maximum atomic E-state index is 4.43. The lowest BCUT2D eigenvalue weighted by atomic mass is 10.6. The summed E-state index contributed by atoms with van der Waals surface area (Å²) < 4.78 is 3.57. The molecule has 1 nitrogen and oxygen atoms in total. The number of hydrogen-bond acceptors (Lipinski definition) is 1. The summed E-state index contributed by atoms with van der Waals surface area (Å²) in [6, 6.07) is 0.